The van der Waals surface area contributed by atoms with E-state index in [1.165, 1.54) is 25.9 Å². The molecule has 2 N–H and O–H groups in total. The first kappa shape index (κ1) is 9.44. The molecule has 0 aromatic rings. The van der Waals surface area contributed by atoms with E-state index in [2.05, 4.69) is 17.6 Å². The van der Waals surface area contributed by atoms with Crippen molar-refractivity contribution in [3.63, 3.8) is 0 Å². The molecule has 2 rings (SSSR count). The van der Waals surface area contributed by atoms with E-state index in [4.69, 9.17) is 4.74 Å². The van der Waals surface area contributed by atoms with Gasteiger partial charge in [0, 0.05) is 18.0 Å². The van der Waals surface area contributed by atoms with Gasteiger partial charge >= 0.3 is 0 Å². The van der Waals surface area contributed by atoms with Gasteiger partial charge in [-0.05, 0) is 25.9 Å². The maximum atomic E-state index is 5.23. The molecule has 76 valence electrons. The van der Waals surface area contributed by atoms with E-state index in [1.54, 1.807) is 0 Å². The van der Waals surface area contributed by atoms with Gasteiger partial charge in [0.1, 0.15) is 0 Å². The summed E-state index contributed by atoms with van der Waals surface area (Å²) in [5, 5.41) is 7.02. The molecular formula is C10H20N2O. The zero-order chi connectivity index (χ0) is 9.15. The van der Waals surface area contributed by atoms with Crippen LogP contribution in [0, 0.1) is 5.41 Å². The smallest absolute Gasteiger partial charge is 0.0554 e. The third-order valence-corrected chi connectivity index (χ3v) is 3.06. The summed E-state index contributed by atoms with van der Waals surface area (Å²) in [6.07, 6.45) is 2.55. The fourth-order valence-electron chi connectivity index (χ4n) is 1.97. The lowest BCUT2D eigenvalue weighted by Crippen LogP contribution is -2.51. The Bertz CT molecular complexity index is 162. The van der Waals surface area contributed by atoms with E-state index in [9.17, 15) is 0 Å². The SMILES string of the molecule is CC1(CNC2CCNCC2)COC1. The van der Waals surface area contributed by atoms with Crippen molar-refractivity contribution in [2.45, 2.75) is 25.8 Å². The van der Waals surface area contributed by atoms with E-state index in [-0.39, 0.29) is 0 Å². The fraction of sp³-hybridized carbons (Fsp3) is 1.00. The Labute approximate surface area is 80.2 Å². The summed E-state index contributed by atoms with van der Waals surface area (Å²) in [5.74, 6) is 0. The second kappa shape index (κ2) is 3.95. The standard InChI is InChI=1S/C10H20N2O/c1-10(7-13-8-10)6-12-9-2-4-11-5-3-9/h9,11-12H,2-8H2,1H3. The molecule has 2 aliphatic rings. The van der Waals surface area contributed by atoms with Crippen LogP contribution in [-0.4, -0.2) is 38.9 Å². The number of hydrogen-bond acceptors (Lipinski definition) is 3. The van der Waals surface area contributed by atoms with Gasteiger partial charge in [-0.1, -0.05) is 6.92 Å². The predicted octanol–water partition coefficient (Wildman–Crippen LogP) is 0.365. The van der Waals surface area contributed by atoms with Crippen molar-refractivity contribution in [2.24, 2.45) is 5.41 Å². The van der Waals surface area contributed by atoms with Crippen LogP contribution in [0.15, 0.2) is 0 Å². The summed E-state index contributed by atoms with van der Waals surface area (Å²) in [4.78, 5) is 0. The molecule has 2 saturated heterocycles. The van der Waals surface area contributed by atoms with Gasteiger partial charge in [0.15, 0.2) is 0 Å². The van der Waals surface area contributed by atoms with Gasteiger partial charge in [-0.2, -0.15) is 0 Å². The lowest BCUT2D eigenvalue weighted by atomic mass is 9.88. The van der Waals surface area contributed by atoms with Gasteiger partial charge in [-0.15, -0.1) is 0 Å². The van der Waals surface area contributed by atoms with E-state index in [0.29, 0.717) is 5.41 Å². The van der Waals surface area contributed by atoms with E-state index in [0.717, 1.165) is 25.8 Å². The van der Waals surface area contributed by atoms with Crippen LogP contribution in [-0.2, 0) is 4.74 Å². The molecule has 0 unspecified atom stereocenters. The van der Waals surface area contributed by atoms with Crippen molar-refractivity contribution in [3.05, 3.63) is 0 Å². The average molecular weight is 184 g/mol. The van der Waals surface area contributed by atoms with Crippen molar-refractivity contribution in [1.82, 2.24) is 10.6 Å². The minimum Gasteiger partial charge on any atom is -0.380 e. The van der Waals surface area contributed by atoms with Crippen LogP contribution in [0.2, 0.25) is 0 Å². The van der Waals surface area contributed by atoms with Crippen LogP contribution in [0.3, 0.4) is 0 Å². The first-order valence-corrected chi connectivity index (χ1v) is 5.30. The highest BCUT2D eigenvalue weighted by atomic mass is 16.5. The highest BCUT2D eigenvalue weighted by Crippen LogP contribution is 2.25. The second-order valence-electron chi connectivity index (χ2n) is 4.71. The highest BCUT2D eigenvalue weighted by Gasteiger charge is 2.33. The topological polar surface area (TPSA) is 33.3 Å². The summed E-state index contributed by atoms with van der Waals surface area (Å²) in [7, 11) is 0. The first-order chi connectivity index (χ1) is 6.29. The molecule has 3 nitrogen and oxygen atoms in total. The Kier molecular flexibility index (Phi) is 2.86. The number of nitrogens with one attached hydrogen (secondary N) is 2. The van der Waals surface area contributed by atoms with Crippen LogP contribution in [0.25, 0.3) is 0 Å². The molecule has 0 amide bonds. The molecule has 0 aliphatic carbocycles. The van der Waals surface area contributed by atoms with Gasteiger partial charge in [-0.25, -0.2) is 0 Å². The number of ether oxygens (including phenoxy) is 1. The largest absolute Gasteiger partial charge is 0.380 e. The highest BCUT2D eigenvalue weighted by molar-refractivity contribution is 4.85. The van der Waals surface area contributed by atoms with Gasteiger partial charge in [0.2, 0.25) is 0 Å². The minimum atomic E-state index is 0.422. The van der Waals surface area contributed by atoms with E-state index in [1.807, 2.05) is 0 Å². The predicted molar refractivity (Wildman–Crippen MR) is 52.8 cm³/mol. The zero-order valence-corrected chi connectivity index (χ0v) is 8.44. The van der Waals surface area contributed by atoms with Crippen molar-refractivity contribution >= 4 is 0 Å². The normalized spacial score (nSPS) is 28.4. The summed E-state index contributed by atoms with van der Waals surface area (Å²) >= 11 is 0. The third kappa shape index (κ3) is 2.42. The first-order valence-electron chi connectivity index (χ1n) is 5.30. The van der Waals surface area contributed by atoms with Crippen LogP contribution >= 0.6 is 0 Å². The molecule has 0 aromatic heterocycles. The summed E-state index contributed by atoms with van der Waals surface area (Å²) in [6.45, 7) is 7.63. The van der Waals surface area contributed by atoms with Crippen LogP contribution < -0.4 is 10.6 Å². The number of hydrogen-bond donors (Lipinski definition) is 2. The molecule has 0 aromatic carbocycles. The van der Waals surface area contributed by atoms with Crippen molar-refractivity contribution < 1.29 is 4.74 Å². The lowest BCUT2D eigenvalue weighted by molar-refractivity contribution is -0.100. The molecule has 0 bridgehead atoms. The number of rotatable bonds is 3. The van der Waals surface area contributed by atoms with Gasteiger partial charge < -0.3 is 15.4 Å². The fourth-order valence-corrected chi connectivity index (χ4v) is 1.97. The van der Waals surface area contributed by atoms with Gasteiger partial charge in [-0.3, -0.25) is 0 Å². The number of piperidine rings is 1. The Hall–Kier alpha value is -0.120. The van der Waals surface area contributed by atoms with E-state index >= 15 is 0 Å². The second-order valence-corrected chi connectivity index (χ2v) is 4.71. The third-order valence-electron chi connectivity index (χ3n) is 3.06. The molecule has 3 heteroatoms. The Morgan fingerprint density at radius 2 is 2.08 bits per heavy atom. The van der Waals surface area contributed by atoms with Crippen LogP contribution in [0.1, 0.15) is 19.8 Å². The van der Waals surface area contributed by atoms with Crippen molar-refractivity contribution in [1.29, 1.82) is 0 Å². The maximum absolute atomic E-state index is 5.23. The minimum absolute atomic E-state index is 0.422. The monoisotopic (exact) mass is 184 g/mol. The zero-order valence-electron chi connectivity index (χ0n) is 8.44. The Morgan fingerprint density at radius 3 is 2.62 bits per heavy atom. The molecule has 0 spiro atoms. The van der Waals surface area contributed by atoms with Gasteiger partial charge in [0.05, 0.1) is 13.2 Å². The lowest BCUT2D eigenvalue weighted by Gasteiger charge is -2.39. The summed E-state index contributed by atoms with van der Waals surface area (Å²) in [6, 6.07) is 0.735. The van der Waals surface area contributed by atoms with Crippen molar-refractivity contribution in [2.75, 3.05) is 32.8 Å². The van der Waals surface area contributed by atoms with Crippen LogP contribution in [0.5, 0.6) is 0 Å². The van der Waals surface area contributed by atoms with E-state index < -0.39 is 0 Å². The molecule has 13 heavy (non-hydrogen) atoms. The Balaban J connectivity index is 1.66. The Morgan fingerprint density at radius 1 is 1.38 bits per heavy atom. The average Bonchev–Trinajstić information content (AvgIpc) is 2.13. The van der Waals surface area contributed by atoms with Crippen molar-refractivity contribution in [3.8, 4) is 0 Å². The molecule has 0 radical (unpaired) electrons. The molecule has 2 heterocycles. The molecular weight excluding hydrogens is 164 g/mol. The van der Waals surface area contributed by atoms with Crippen LogP contribution in [0.4, 0.5) is 0 Å². The van der Waals surface area contributed by atoms with Gasteiger partial charge in [0.25, 0.3) is 0 Å². The summed E-state index contributed by atoms with van der Waals surface area (Å²) in [5.41, 5.74) is 0.422. The molecule has 2 aliphatic heterocycles. The molecule has 0 saturated carbocycles. The maximum Gasteiger partial charge on any atom is 0.0554 e. The summed E-state index contributed by atoms with van der Waals surface area (Å²) < 4.78 is 5.23. The molecule has 0 atom stereocenters. The quantitative estimate of drug-likeness (QED) is 0.664. The molecule has 2 fully saturated rings.